The molecule has 0 aromatic carbocycles. The zero-order chi connectivity index (χ0) is 19.3. The average Bonchev–Trinajstić information content (AvgIpc) is 2.43. The van der Waals surface area contributed by atoms with E-state index in [1.54, 1.807) is 0 Å². The molecule has 1 aliphatic rings. The van der Waals surface area contributed by atoms with E-state index in [-0.39, 0.29) is 22.9 Å². The molecule has 1 aromatic heterocycles. The largest absolute Gasteiger partial charge is 0.435 e. The highest BCUT2D eigenvalue weighted by Crippen LogP contribution is 2.55. The average molecular weight is 428 g/mol. The van der Waals surface area contributed by atoms with Crippen LogP contribution in [0.25, 0.3) is 0 Å². The molecule has 1 aromatic rings. The minimum atomic E-state index is -6.29. The fourth-order valence-corrected chi connectivity index (χ4v) is 3.27. The van der Waals surface area contributed by atoms with Crippen molar-refractivity contribution < 1.29 is 30.7 Å². The summed E-state index contributed by atoms with van der Waals surface area (Å²) in [6, 6.07) is 2.51. The van der Waals surface area contributed by atoms with Crippen molar-refractivity contribution in [1.82, 2.24) is 4.98 Å². The minimum Gasteiger partial charge on any atom is -0.244 e. The standard InChI is InChI=1S/C14H6Cl3F7N/c15-8-4-7(12(18,13(19,20)21)14(22,23)24)5-11(17,6-8)9-2-1-3-25-10(9)16/h1-6H. The van der Waals surface area contributed by atoms with Crippen LogP contribution in [-0.4, -0.2) is 23.0 Å². The summed E-state index contributed by atoms with van der Waals surface area (Å²) in [4.78, 5) is 1.49. The molecule has 1 unspecified atom stereocenters. The molecule has 1 radical (unpaired) electrons. The molecule has 0 fully saturated rings. The van der Waals surface area contributed by atoms with Gasteiger partial charge in [0.1, 0.15) is 5.15 Å². The molecule has 0 N–H and O–H groups in total. The number of aromatic nitrogens is 1. The molecule has 0 saturated heterocycles. The maximum absolute atomic E-state index is 14.3. The Kier molecular flexibility index (Phi) is 5.13. The topological polar surface area (TPSA) is 12.9 Å². The first-order chi connectivity index (χ1) is 11.2. The predicted octanol–water partition coefficient (Wildman–Crippen LogP) is 6.27. The Balaban J connectivity index is 2.71. The molecule has 1 heterocycles. The van der Waals surface area contributed by atoms with Crippen LogP contribution in [0.5, 0.6) is 0 Å². The van der Waals surface area contributed by atoms with Gasteiger partial charge in [-0.1, -0.05) is 35.3 Å². The van der Waals surface area contributed by atoms with Crippen LogP contribution in [0.3, 0.4) is 0 Å². The zero-order valence-corrected chi connectivity index (χ0v) is 14.0. The molecule has 137 valence electrons. The lowest BCUT2D eigenvalue weighted by Crippen LogP contribution is -2.55. The lowest BCUT2D eigenvalue weighted by Gasteiger charge is -2.35. The first-order valence-corrected chi connectivity index (χ1v) is 7.44. The lowest BCUT2D eigenvalue weighted by atomic mass is 9.82. The Morgan fingerprint density at radius 3 is 2.00 bits per heavy atom. The summed E-state index contributed by atoms with van der Waals surface area (Å²) in [6.07, 6.45) is -9.95. The van der Waals surface area contributed by atoms with Crippen LogP contribution >= 0.6 is 34.8 Å². The molecule has 0 amide bonds. The van der Waals surface area contributed by atoms with Crippen molar-refractivity contribution in [3.8, 4) is 0 Å². The van der Waals surface area contributed by atoms with E-state index in [0.29, 0.717) is 0 Å². The van der Waals surface area contributed by atoms with E-state index < -0.39 is 33.5 Å². The highest BCUT2D eigenvalue weighted by Gasteiger charge is 2.74. The van der Waals surface area contributed by atoms with Crippen molar-refractivity contribution in [2.45, 2.75) is 22.9 Å². The second-order valence-corrected chi connectivity index (χ2v) is 6.46. The number of nitrogens with zero attached hydrogens (tertiary/aromatic N) is 1. The molecule has 0 bridgehead atoms. The Labute approximate surface area is 152 Å². The number of hydrogen-bond donors (Lipinski definition) is 0. The number of alkyl halides is 8. The van der Waals surface area contributed by atoms with Gasteiger partial charge in [-0.15, -0.1) is 11.6 Å². The second-order valence-electron chi connectivity index (χ2n) is 5.04. The Morgan fingerprint density at radius 2 is 1.52 bits per heavy atom. The van der Waals surface area contributed by atoms with Crippen molar-refractivity contribution in [2.24, 2.45) is 0 Å². The van der Waals surface area contributed by atoms with Crippen LogP contribution in [0.4, 0.5) is 30.7 Å². The van der Waals surface area contributed by atoms with Gasteiger partial charge in [0.25, 0.3) is 0 Å². The fraction of sp³-hybridized carbons (Fsp3) is 0.286. The third-order valence-corrected chi connectivity index (χ3v) is 4.30. The van der Waals surface area contributed by atoms with Crippen molar-refractivity contribution in [3.63, 3.8) is 0 Å². The summed E-state index contributed by atoms with van der Waals surface area (Å²) in [7, 11) is 0. The number of rotatable bonds is 2. The first-order valence-electron chi connectivity index (χ1n) is 6.31. The predicted molar refractivity (Wildman–Crippen MR) is 79.0 cm³/mol. The van der Waals surface area contributed by atoms with E-state index in [9.17, 15) is 30.7 Å². The van der Waals surface area contributed by atoms with Crippen LogP contribution in [0.15, 0.2) is 41.1 Å². The van der Waals surface area contributed by atoms with Gasteiger partial charge < -0.3 is 0 Å². The minimum absolute atomic E-state index is 0.159. The molecule has 2 rings (SSSR count). The summed E-state index contributed by atoms with van der Waals surface area (Å²) in [6.45, 7) is 0. The number of pyridine rings is 1. The molecule has 1 nitrogen and oxygen atoms in total. The smallest absolute Gasteiger partial charge is 0.244 e. The Hall–Kier alpha value is -0.990. The SMILES string of the molecule is FC(F)(F)C(F)(C1=CC(Cl)(c2cccnc2Cl)[CH]C(Cl)=C1)C(F)(F)F. The maximum atomic E-state index is 14.3. The van der Waals surface area contributed by atoms with Gasteiger partial charge in [0.05, 0.1) is 4.87 Å². The molecule has 1 aliphatic carbocycles. The van der Waals surface area contributed by atoms with Gasteiger partial charge in [-0.2, -0.15) is 26.3 Å². The second kappa shape index (κ2) is 6.32. The fourth-order valence-electron chi connectivity index (χ4n) is 2.21. The monoisotopic (exact) mass is 426 g/mol. The molecule has 1 atom stereocenters. The summed E-state index contributed by atoms with van der Waals surface area (Å²) >= 11 is 17.5. The highest BCUT2D eigenvalue weighted by atomic mass is 35.5. The van der Waals surface area contributed by atoms with Crippen molar-refractivity contribution in [1.29, 1.82) is 0 Å². The summed E-state index contributed by atoms with van der Waals surface area (Å²) in [5.74, 6) is 0. The molecule has 0 spiro atoms. The summed E-state index contributed by atoms with van der Waals surface area (Å²) < 4.78 is 92.0. The number of hydrogen-bond acceptors (Lipinski definition) is 1. The maximum Gasteiger partial charge on any atom is 0.435 e. The van der Waals surface area contributed by atoms with Gasteiger partial charge in [0.2, 0.25) is 0 Å². The van der Waals surface area contributed by atoms with E-state index in [4.69, 9.17) is 34.8 Å². The molecule has 0 saturated carbocycles. The third-order valence-electron chi connectivity index (χ3n) is 3.36. The van der Waals surface area contributed by atoms with Gasteiger partial charge in [0.15, 0.2) is 0 Å². The van der Waals surface area contributed by atoms with E-state index >= 15 is 0 Å². The molecule has 25 heavy (non-hydrogen) atoms. The third kappa shape index (κ3) is 3.48. The molecular weight excluding hydrogens is 422 g/mol. The van der Waals surface area contributed by atoms with Gasteiger partial charge in [-0.3, -0.25) is 0 Å². The van der Waals surface area contributed by atoms with E-state index in [0.717, 1.165) is 6.42 Å². The lowest BCUT2D eigenvalue weighted by molar-refractivity contribution is -0.325. The quantitative estimate of drug-likeness (QED) is 0.308. The first kappa shape index (κ1) is 20.3. The summed E-state index contributed by atoms with van der Waals surface area (Å²) in [5, 5.41) is -0.915. The van der Waals surface area contributed by atoms with Crippen LogP contribution in [0.2, 0.25) is 5.15 Å². The van der Waals surface area contributed by atoms with Gasteiger partial charge in [-0.05, 0) is 12.1 Å². The van der Waals surface area contributed by atoms with Gasteiger partial charge in [0, 0.05) is 28.8 Å². The van der Waals surface area contributed by atoms with E-state index in [2.05, 4.69) is 4.98 Å². The van der Waals surface area contributed by atoms with Gasteiger partial charge >= 0.3 is 18.0 Å². The van der Waals surface area contributed by atoms with Crippen LogP contribution in [-0.2, 0) is 4.87 Å². The Bertz CT molecular complexity index is 725. The van der Waals surface area contributed by atoms with Crippen molar-refractivity contribution in [3.05, 3.63) is 58.2 Å². The van der Waals surface area contributed by atoms with Gasteiger partial charge in [-0.25, -0.2) is 9.37 Å². The molecule has 11 heteroatoms. The molecule has 0 aliphatic heterocycles. The normalized spacial score (nSPS) is 22.5. The molecular formula is C14H6Cl3F7N. The zero-order valence-electron chi connectivity index (χ0n) is 11.7. The van der Waals surface area contributed by atoms with Crippen molar-refractivity contribution in [2.75, 3.05) is 0 Å². The van der Waals surface area contributed by atoms with E-state index in [1.807, 2.05) is 0 Å². The van der Waals surface area contributed by atoms with Crippen LogP contribution in [0.1, 0.15) is 5.56 Å². The number of allylic oxidation sites excluding steroid dienone is 4. The van der Waals surface area contributed by atoms with Crippen LogP contribution < -0.4 is 0 Å². The number of halogens is 10. The van der Waals surface area contributed by atoms with E-state index in [1.165, 1.54) is 18.3 Å². The van der Waals surface area contributed by atoms with Crippen LogP contribution in [0, 0.1) is 6.42 Å². The highest BCUT2D eigenvalue weighted by molar-refractivity contribution is 6.36. The Morgan fingerprint density at radius 1 is 0.960 bits per heavy atom. The summed E-state index contributed by atoms with van der Waals surface area (Å²) in [5.41, 5.74) is -7.62. The van der Waals surface area contributed by atoms with Crippen molar-refractivity contribution >= 4 is 34.8 Å².